The Labute approximate surface area is 218 Å². The van der Waals surface area contributed by atoms with E-state index in [0.717, 1.165) is 11.1 Å². The summed E-state index contributed by atoms with van der Waals surface area (Å²) < 4.78 is 10.6. The normalized spacial score (nSPS) is 25.9. The van der Waals surface area contributed by atoms with Gasteiger partial charge in [0.1, 0.15) is 5.54 Å². The molecule has 3 aliphatic heterocycles. The number of likely N-dealkylation sites (tertiary alicyclic amines) is 1. The van der Waals surface area contributed by atoms with Gasteiger partial charge in [0, 0.05) is 24.6 Å². The summed E-state index contributed by atoms with van der Waals surface area (Å²) in [5.41, 5.74) is 6.46. The van der Waals surface area contributed by atoms with Gasteiger partial charge in [-0.3, -0.25) is 29.4 Å². The Morgan fingerprint density at radius 2 is 1.84 bits per heavy atom. The molecule has 0 unspecified atom stereocenters. The summed E-state index contributed by atoms with van der Waals surface area (Å²) in [6.45, 7) is 1.93. The highest BCUT2D eigenvalue weighted by Crippen LogP contribution is 2.54. The zero-order valence-electron chi connectivity index (χ0n) is 20.6. The molecule has 2 saturated heterocycles. The number of primary amides is 1. The van der Waals surface area contributed by atoms with Crippen LogP contribution < -0.4 is 25.8 Å². The number of hydrogen-bond acceptors (Lipinski definition) is 7. The number of methoxy groups -OCH3 is 2. The molecule has 2 aromatic carbocycles. The molecule has 0 radical (unpaired) electrons. The minimum Gasteiger partial charge on any atom is -0.493 e. The smallest absolute Gasteiger partial charge is 0.250 e. The second kappa shape index (κ2) is 9.04. The van der Waals surface area contributed by atoms with Gasteiger partial charge in [-0.15, -0.1) is 0 Å². The fourth-order valence-corrected chi connectivity index (χ4v) is 6.26. The van der Waals surface area contributed by atoms with Gasteiger partial charge < -0.3 is 20.5 Å². The molecule has 2 aromatic rings. The Morgan fingerprint density at radius 3 is 2.51 bits per heavy atom. The number of imide groups is 1. The lowest BCUT2D eigenvalue weighted by Gasteiger charge is -2.29. The molecule has 2 fully saturated rings. The van der Waals surface area contributed by atoms with Crippen LogP contribution in [0.15, 0.2) is 30.3 Å². The van der Waals surface area contributed by atoms with Crippen LogP contribution in [0.2, 0.25) is 5.02 Å². The van der Waals surface area contributed by atoms with Crippen molar-refractivity contribution in [3.8, 4) is 11.5 Å². The summed E-state index contributed by atoms with van der Waals surface area (Å²) in [6.07, 6.45) is 0.166. The lowest BCUT2D eigenvalue weighted by atomic mass is 9.76. The van der Waals surface area contributed by atoms with E-state index in [2.05, 4.69) is 10.6 Å². The standard InChI is InChI=1S/C26H27ClN4O6/c1-12-8-14-22(15(27)9-12)29-25(35)26(14)21-20(16(30-26)11-19(28)32)23(33)31(24(21)34)7-6-13-4-5-17(36-2)18(10-13)37-3/h4-5,8-10,16,20-21,30H,6-7,11H2,1-3H3,(H2,28,32)(H,29,35)/t16-,20-,21-,26+/m1/s1. The lowest BCUT2D eigenvalue weighted by molar-refractivity contribution is -0.142. The van der Waals surface area contributed by atoms with Gasteiger partial charge in [-0.1, -0.05) is 23.7 Å². The monoisotopic (exact) mass is 526 g/mol. The third-order valence-electron chi connectivity index (χ3n) is 7.50. The highest BCUT2D eigenvalue weighted by molar-refractivity contribution is 6.35. The molecule has 4 amide bonds. The van der Waals surface area contributed by atoms with Crippen molar-refractivity contribution < 1.29 is 28.7 Å². The van der Waals surface area contributed by atoms with E-state index in [1.165, 1.54) is 19.1 Å². The molecule has 10 nitrogen and oxygen atoms in total. The molecule has 3 aliphatic rings. The number of rotatable bonds is 7. The summed E-state index contributed by atoms with van der Waals surface area (Å²) in [6, 6.07) is 8.07. The van der Waals surface area contributed by atoms with Gasteiger partial charge in [0.05, 0.1) is 36.8 Å². The zero-order chi connectivity index (χ0) is 26.6. The molecule has 37 heavy (non-hydrogen) atoms. The molecular weight excluding hydrogens is 500 g/mol. The number of nitrogens with zero attached hydrogens (tertiary/aromatic N) is 1. The molecule has 11 heteroatoms. The maximum absolute atomic E-state index is 13.9. The number of carbonyl (C=O) groups is 4. The maximum atomic E-state index is 13.9. The van der Waals surface area contributed by atoms with Crippen molar-refractivity contribution in [2.45, 2.75) is 31.3 Å². The van der Waals surface area contributed by atoms with E-state index < -0.39 is 47.0 Å². The minimum absolute atomic E-state index is 0.0998. The molecular formula is C26H27ClN4O6. The van der Waals surface area contributed by atoms with Crippen LogP contribution in [0.1, 0.15) is 23.1 Å². The summed E-state index contributed by atoms with van der Waals surface area (Å²) in [5, 5.41) is 6.29. The number of benzene rings is 2. The van der Waals surface area contributed by atoms with Crippen molar-refractivity contribution >= 4 is 40.9 Å². The molecule has 3 heterocycles. The summed E-state index contributed by atoms with van der Waals surface area (Å²) in [7, 11) is 3.07. The first-order valence-corrected chi connectivity index (χ1v) is 12.2. The molecule has 0 saturated carbocycles. The van der Waals surface area contributed by atoms with Crippen LogP contribution in [0.25, 0.3) is 0 Å². The van der Waals surface area contributed by atoms with E-state index in [0.29, 0.717) is 34.2 Å². The SMILES string of the molecule is COc1ccc(CCN2C(=O)[C@@H]3[C@@H](CC(N)=O)N[C@]4(C(=O)Nc5c(Cl)cc(C)cc54)[C@H]3C2=O)cc1OC. The van der Waals surface area contributed by atoms with Crippen molar-refractivity contribution in [3.63, 3.8) is 0 Å². The zero-order valence-corrected chi connectivity index (χ0v) is 21.3. The third-order valence-corrected chi connectivity index (χ3v) is 7.80. The van der Waals surface area contributed by atoms with Crippen molar-refractivity contribution in [2.24, 2.45) is 17.6 Å². The van der Waals surface area contributed by atoms with Crippen LogP contribution >= 0.6 is 11.6 Å². The van der Waals surface area contributed by atoms with E-state index in [1.54, 1.807) is 24.3 Å². The Kier molecular flexibility index (Phi) is 6.12. The number of fused-ring (bicyclic) bond motifs is 4. The van der Waals surface area contributed by atoms with Crippen molar-refractivity contribution in [1.29, 1.82) is 0 Å². The molecule has 4 N–H and O–H groups in total. The number of amides is 4. The number of aryl methyl sites for hydroxylation is 1. The fourth-order valence-electron chi connectivity index (χ4n) is 5.94. The summed E-state index contributed by atoms with van der Waals surface area (Å²) in [5.74, 6) is -2.92. The van der Waals surface area contributed by atoms with Crippen molar-refractivity contribution in [1.82, 2.24) is 10.2 Å². The first-order chi connectivity index (χ1) is 17.6. The van der Waals surface area contributed by atoms with Crippen LogP contribution in [-0.4, -0.2) is 55.3 Å². The molecule has 1 spiro atoms. The molecule has 0 aliphatic carbocycles. The van der Waals surface area contributed by atoms with Crippen LogP contribution in [-0.2, 0) is 31.1 Å². The molecule has 0 aromatic heterocycles. The number of anilines is 1. The molecule has 5 rings (SSSR count). The first kappa shape index (κ1) is 25.0. The second-order valence-electron chi connectivity index (χ2n) is 9.62. The molecule has 194 valence electrons. The fraction of sp³-hybridized carbons (Fsp3) is 0.385. The quantitative estimate of drug-likeness (QED) is 0.464. The minimum atomic E-state index is -1.54. The van der Waals surface area contributed by atoms with Gasteiger partial charge in [-0.2, -0.15) is 0 Å². The van der Waals surface area contributed by atoms with Gasteiger partial charge in [-0.05, 0) is 42.7 Å². The Morgan fingerprint density at radius 1 is 1.11 bits per heavy atom. The Hall–Kier alpha value is -3.63. The van der Waals surface area contributed by atoms with E-state index in [-0.39, 0.29) is 13.0 Å². The van der Waals surface area contributed by atoms with Crippen molar-refractivity contribution in [3.05, 3.63) is 52.0 Å². The van der Waals surface area contributed by atoms with Crippen LogP contribution in [0, 0.1) is 18.8 Å². The molecule has 4 atom stereocenters. The maximum Gasteiger partial charge on any atom is 0.250 e. The number of nitrogens with one attached hydrogen (secondary N) is 2. The highest BCUT2D eigenvalue weighted by Gasteiger charge is 2.70. The number of halogens is 1. The van der Waals surface area contributed by atoms with E-state index in [1.807, 2.05) is 13.0 Å². The number of carbonyl (C=O) groups excluding carboxylic acids is 4. The van der Waals surface area contributed by atoms with Gasteiger partial charge in [0.15, 0.2) is 11.5 Å². The topological polar surface area (TPSA) is 140 Å². The van der Waals surface area contributed by atoms with Crippen LogP contribution in [0.5, 0.6) is 11.5 Å². The average molecular weight is 527 g/mol. The average Bonchev–Trinajstić information content (AvgIpc) is 3.42. The molecule has 0 bridgehead atoms. The van der Waals surface area contributed by atoms with Gasteiger partial charge in [-0.25, -0.2) is 0 Å². The van der Waals surface area contributed by atoms with E-state index in [9.17, 15) is 19.2 Å². The Bertz CT molecular complexity index is 1350. The number of ether oxygens (including phenoxy) is 2. The van der Waals surface area contributed by atoms with E-state index >= 15 is 0 Å². The van der Waals surface area contributed by atoms with Crippen LogP contribution in [0.4, 0.5) is 5.69 Å². The number of hydrogen-bond donors (Lipinski definition) is 3. The second-order valence-corrected chi connectivity index (χ2v) is 10.0. The van der Waals surface area contributed by atoms with Gasteiger partial charge in [0.25, 0.3) is 0 Å². The summed E-state index contributed by atoms with van der Waals surface area (Å²) >= 11 is 6.43. The predicted octanol–water partition coefficient (Wildman–Crippen LogP) is 1.50. The lowest BCUT2D eigenvalue weighted by Crippen LogP contribution is -2.53. The highest BCUT2D eigenvalue weighted by atomic mass is 35.5. The summed E-state index contributed by atoms with van der Waals surface area (Å²) in [4.78, 5) is 54.1. The van der Waals surface area contributed by atoms with Crippen LogP contribution in [0.3, 0.4) is 0 Å². The largest absolute Gasteiger partial charge is 0.493 e. The number of nitrogens with two attached hydrogens (primary N) is 1. The third kappa shape index (κ3) is 3.74. The van der Waals surface area contributed by atoms with Crippen molar-refractivity contribution in [2.75, 3.05) is 26.1 Å². The van der Waals surface area contributed by atoms with Gasteiger partial charge >= 0.3 is 0 Å². The predicted molar refractivity (Wildman–Crippen MR) is 134 cm³/mol. The van der Waals surface area contributed by atoms with E-state index in [4.69, 9.17) is 26.8 Å². The Balaban J connectivity index is 1.51. The van der Waals surface area contributed by atoms with Gasteiger partial charge in [0.2, 0.25) is 23.6 Å². The first-order valence-electron chi connectivity index (χ1n) is 11.9.